The Labute approximate surface area is 89.1 Å². The van der Waals surface area contributed by atoms with Gasteiger partial charge in [-0.1, -0.05) is 0 Å². The monoisotopic (exact) mass is 214 g/mol. The predicted molar refractivity (Wildman–Crippen MR) is 58.1 cm³/mol. The topological polar surface area (TPSA) is 88.3 Å². The average Bonchev–Trinajstić information content (AvgIpc) is 2.46. The van der Waals surface area contributed by atoms with Crippen molar-refractivity contribution in [1.82, 2.24) is 9.78 Å². The highest BCUT2D eigenvalue weighted by molar-refractivity contribution is 5.41. The van der Waals surface area contributed by atoms with Gasteiger partial charge in [-0.2, -0.15) is 5.10 Å². The van der Waals surface area contributed by atoms with Crippen molar-refractivity contribution < 1.29 is 9.47 Å². The van der Waals surface area contributed by atoms with Crippen molar-refractivity contribution in [1.29, 1.82) is 0 Å². The normalized spacial score (nSPS) is 11.1. The lowest BCUT2D eigenvalue weighted by molar-refractivity contribution is -0.144. The summed E-state index contributed by atoms with van der Waals surface area (Å²) in [4.78, 5) is 0. The molecule has 1 aromatic rings. The average molecular weight is 214 g/mol. The Kier molecular flexibility index (Phi) is 4.38. The second kappa shape index (κ2) is 5.57. The summed E-state index contributed by atoms with van der Waals surface area (Å²) < 4.78 is 12.3. The van der Waals surface area contributed by atoms with Crippen molar-refractivity contribution >= 4 is 11.6 Å². The van der Waals surface area contributed by atoms with Gasteiger partial charge in [-0.15, -0.1) is 0 Å². The molecular formula is C9H18N4O2. The fourth-order valence-corrected chi connectivity index (χ4v) is 1.26. The van der Waals surface area contributed by atoms with E-state index in [2.05, 4.69) is 5.10 Å². The minimum absolute atomic E-state index is 0.332. The maximum absolute atomic E-state index is 5.69. The van der Waals surface area contributed by atoms with Crippen LogP contribution in [0.3, 0.4) is 0 Å². The molecule has 0 aliphatic rings. The summed E-state index contributed by atoms with van der Waals surface area (Å²) in [6, 6.07) is 1.61. The molecule has 0 aliphatic carbocycles. The summed E-state index contributed by atoms with van der Waals surface area (Å²) in [6.45, 7) is 5.44. The Bertz CT molecular complexity index is 294. The van der Waals surface area contributed by atoms with Crippen LogP contribution in [0.5, 0.6) is 0 Å². The van der Waals surface area contributed by atoms with Crippen molar-refractivity contribution in [2.75, 3.05) is 24.7 Å². The number of nitrogens with two attached hydrogens (primary N) is 2. The summed E-state index contributed by atoms with van der Waals surface area (Å²) >= 11 is 0. The van der Waals surface area contributed by atoms with Crippen LogP contribution >= 0.6 is 0 Å². The smallest absolute Gasteiger partial charge is 0.177 e. The van der Waals surface area contributed by atoms with Crippen molar-refractivity contribution in [3.05, 3.63) is 6.07 Å². The van der Waals surface area contributed by atoms with Crippen LogP contribution in [0.1, 0.15) is 13.8 Å². The van der Waals surface area contributed by atoms with Crippen molar-refractivity contribution in [3.63, 3.8) is 0 Å². The molecule has 0 radical (unpaired) electrons. The third-order valence-corrected chi connectivity index (χ3v) is 1.86. The SMILES string of the molecule is CCOC(Cn1nc(N)cc1N)OCC. The third-order valence-electron chi connectivity index (χ3n) is 1.86. The molecule has 0 fully saturated rings. The Morgan fingerprint density at radius 1 is 1.33 bits per heavy atom. The number of aromatic nitrogens is 2. The Hall–Kier alpha value is -1.27. The highest BCUT2D eigenvalue weighted by atomic mass is 16.7. The molecule has 0 atom stereocenters. The number of hydrogen-bond acceptors (Lipinski definition) is 5. The first-order valence-corrected chi connectivity index (χ1v) is 4.99. The minimum Gasteiger partial charge on any atom is -0.384 e. The number of hydrogen-bond donors (Lipinski definition) is 2. The molecule has 86 valence electrons. The van der Waals surface area contributed by atoms with Gasteiger partial charge in [-0.05, 0) is 13.8 Å². The second-order valence-corrected chi connectivity index (χ2v) is 3.02. The summed E-state index contributed by atoms with van der Waals surface area (Å²) in [7, 11) is 0. The quantitative estimate of drug-likeness (QED) is 0.671. The standard InChI is InChI=1S/C9H18N4O2/c1-3-14-9(15-4-2)6-13-8(11)5-7(10)12-13/h5,9H,3-4,6,11H2,1-2H3,(H2,10,12). The van der Waals surface area contributed by atoms with Crippen LogP contribution in [0.25, 0.3) is 0 Å². The number of rotatable bonds is 6. The summed E-state index contributed by atoms with van der Waals surface area (Å²) in [5.74, 6) is 0.913. The van der Waals surface area contributed by atoms with Crippen molar-refractivity contribution in [2.24, 2.45) is 0 Å². The van der Waals surface area contributed by atoms with Crippen molar-refractivity contribution in [3.8, 4) is 0 Å². The second-order valence-electron chi connectivity index (χ2n) is 3.02. The largest absolute Gasteiger partial charge is 0.384 e. The van der Waals surface area contributed by atoms with E-state index in [1.807, 2.05) is 13.8 Å². The van der Waals surface area contributed by atoms with Crippen LogP contribution in [0.15, 0.2) is 6.07 Å². The van der Waals surface area contributed by atoms with Crippen LogP contribution in [0, 0.1) is 0 Å². The number of ether oxygens (including phenoxy) is 2. The molecule has 1 aromatic heterocycles. The molecule has 0 aliphatic heterocycles. The molecule has 4 N–H and O–H groups in total. The molecule has 0 aromatic carbocycles. The van der Waals surface area contributed by atoms with Crippen LogP contribution in [-0.4, -0.2) is 29.3 Å². The van der Waals surface area contributed by atoms with Crippen LogP contribution in [0.4, 0.5) is 11.6 Å². The molecule has 6 heteroatoms. The lowest BCUT2D eigenvalue weighted by atomic mass is 10.5. The lowest BCUT2D eigenvalue weighted by Crippen LogP contribution is -2.25. The number of nitrogens with zero attached hydrogens (tertiary/aromatic N) is 2. The summed E-state index contributed by atoms with van der Waals surface area (Å²) in [6.07, 6.45) is -0.332. The minimum atomic E-state index is -0.332. The third kappa shape index (κ3) is 3.41. The number of nitrogen functional groups attached to an aromatic ring is 2. The fourth-order valence-electron chi connectivity index (χ4n) is 1.26. The fraction of sp³-hybridized carbons (Fsp3) is 0.667. The molecule has 0 unspecified atom stereocenters. The van der Waals surface area contributed by atoms with E-state index in [0.717, 1.165) is 0 Å². The molecule has 6 nitrogen and oxygen atoms in total. The maximum atomic E-state index is 5.69. The van der Waals surface area contributed by atoms with E-state index >= 15 is 0 Å². The Morgan fingerprint density at radius 3 is 2.33 bits per heavy atom. The Balaban J connectivity index is 2.60. The molecule has 0 saturated carbocycles. The molecule has 15 heavy (non-hydrogen) atoms. The van der Waals surface area contributed by atoms with E-state index in [0.29, 0.717) is 31.4 Å². The lowest BCUT2D eigenvalue weighted by Gasteiger charge is -2.17. The van der Waals surface area contributed by atoms with Gasteiger partial charge < -0.3 is 20.9 Å². The van der Waals surface area contributed by atoms with Gasteiger partial charge in [0.05, 0.1) is 6.54 Å². The molecule has 1 rings (SSSR count). The van der Waals surface area contributed by atoms with Gasteiger partial charge in [0.15, 0.2) is 6.29 Å². The highest BCUT2D eigenvalue weighted by Crippen LogP contribution is 2.10. The molecule has 0 spiro atoms. The zero-order valence-electron chi connectivity index (χ0n) is 9.14. The highest BCUT2D eigenvalue weighted by Gasteiger charge is 2.11. The molecular weight excluding hydrogens is 196 g/mol. The van der Waals surface area contributed by atoms with Crippen LogP contribution in [0.2, 0.25) is 0 Å². The van der Waals surface area contributed by atoms with E-state index in [1.165, 1.54) is 0 Å². The van der Waals surface area contributed by atoms with Crippen LogP contribution in [-0.2, 0) is 16.0 Å². The first-order chi connectivity index (χ1) is 7.17. The first-order valence-electron chi connectivity index (χ1n) is 4.99. The summed E-state index contributed by atoms with van der Waals surface area (Å²) in [5, 5.41) is 4.02. The van der Waals surface area contributed by atoms with Gasteiger partial charge in [0.25, 0.3) is 0 Å². The van der Waals surface area contributed by atoms with Crippen molar-refractivity contribution in [2.45, 2.75) is 26.7 Å². The van der Waals surface area contributed by atoms with E-state index in [-0.39, 0.29) is 6.29 Å². The van der Waals surface area contributed by atoms with Gasteiger partial charge in [-0.3, -0.25) is 0 Å². The van der Waals surface area contributed by atoms with Gasteiger partial charge in [-0.25, -0.2) is 4.68 Å². The molecule has 0 saturated heterocycles. The molecule has 1 heterocycles. The molecule has 0 amide bonds. The number of anilines is 2. The predicted octanol–water partition coefficient (Wildman–Crippen LogP) is 0.447. The van der Waals surface area contributed by atoms with E-state index in [4.69, 9.17) is 20.9 Å². The van der Waals surface area contributed by atoms with Gasteiger partial charge in [0.1, 0.15) is 11.6 Å². The van der Waals surface area contributed by atoms with Gasteiger partial charge >= 0.3 is 0 Å². The zero-order valence-corrected chi connectivity index (χ0v) is 9.14. The maximum Gasteiger partial charge on any atom is 0.177 e. The summed E-state index contributed by atoms with van der Waals surface area (Å²) in [5.41, 5.74) is 11.2. The van der Waals surface area contributed by atoms with E-state index in [1.54, 1.807) is 10.7 Å². The first kappa shape index (κ1) is 11.8. The molecule has 0 bridgehead atoms. The van der Waals surface area contributed by atoms with Gasteiger partial charge in [0, 0.05) is 19.3 Å². The van der Waals surface area contributed by atoms with Gasteiger partial charge in [0.2, 0.25) is 0 Å². The van der Waals surface area contributed by atoms with Crippen LogP contribution < -0.4 is 11.5 Å². The van der Waals surface area contributed by atoms with E-state index < -0.39 is 0 Å². The van der Waals surface area contributed by atoms with E-state index in [9.17, 15) is 0 Å². The Morgan fingerprint density at radius 2 is 1.93 bits per heavy atom. The zero-order chi connectivity index (χ0) is 11.3.